The van der Waals surface area contributed by atoms with E-state index < -0.39 is 5.54 Å². The molecule has 3 unspecified atom stereocenters. The fourth-order valence-corrected chi connectivity index (χ4v) is 2.27. The first kappa shape index (κ1) is 13.4. The van der Waals surface area contributed by atoms with Crippen LogP contribution in [0.2, 0.25) is 0 Å². The lowest BCUT2D eigenvalue weighted by Gasteiger charge is -2.30. The molecule has 1 aliphatic heterocycles. The van der Waals surface area contributed by atoms with E-state index in [2.05, 4.69) is 23.2 Å². The summed E-state index contributed by atoms with van der Waals surface area (Å²) in [5, 5.41) is 12.2. The molecule has 1 heterocycles. The molecule has 16 heavy (non-hydrogen) atoms. The Labute approximate surface area is 98.6 Å². The summed E-state index contributed by atoms with van der Waals surface area (Å²) in [7, 11) is 3.61. The number of ether oxygens (including phenoxy) is 1. The average molecular weight is 225 g/mol. The Balaban J connectivity index is 2.47. The molecule has 0 radical (unpaired) electrons. The van der Waals surface area contributed by atoms with Crippen LogP contribution in [0.4, 0.5) is 0 Å². The normalized spacial score (nSPS) is 27.3. The number of hydrogen-bond donors (Lipinski definition) is 1. The highest BCUT2D eigenvalue weighted by molar-refractivity contribution is 5.05. The predicted octanol–water partition coefficient (Wildman–Crippen LogP) is 0.987. The molecule has 4 nitrogen and oxygen atoms in total. The number of nitriles is 1. The Bertz CT molecular complexity index is 263. The van der Waals surface area contributed by atoms with Crippen molar-refractivity contribution >= 4 is 0 Å². The van der Waals surface area contributed by atoms with Crippen LogP contribution in [0.5, 0.6) is 0 Å². The third kappa shape index (κ3) is 3.18. The smallest absolute Gasteiger partial charge is 0.105 e. The summed E-state index contributed by atoms with van der Waals surface area (Å²) in [6.07, 6.45) is 2.31. The molecule has 4 heteroatoms. The maximum atomic E-state index is 9.12. The van der Waals surface area contributed by atoms with Crippen molar-refractivity contribution in [1.29, 1.82) is 5.26 Å². The monoisotopic (exact) mass is 225 g/mol. The van der Waals surface area contributed by atoms with Gasteiger partial charge in [0.2, 0.25) is 0 Å². The van der Waals surface area contributed by atoms with Crippen LogP contribution in [0.3, 0.4) is 0 Å². The van der Waals surface area contributed by atoms with Crippen molar-refractivity contribution in [1.82, 2.24) is 10.2 Å². The van der Waals surface area contributed by atoms with Gasteiger partial charge in [-0.2, -0.15) is 5.26 Å². The van der Waals surface area contributed by atoms with Crippen LogP contribution >= 0.6 is 0 Å². The summed E-state index contributed by atoms with van der Waals surface area (Å²) < 4.78 is 5.35. The third-order valence-electron chi connectivity index (χ3n) is 3.64. The third-order valence-corrected chi connectivity index (χ3v) is 3.64. The first-order chi connectivity index (χ1) is 7.54. The highest BCUT2D eigenvalue weighted by Gasteiger charge is 2.31. The van der Waals surface area contributed by atoms with E-state index in [1.54, 1.807) is 7.11 Å². The van der Waals surface area contributed by atoms with E-state index in [9.17, 15) is 0 Å². The molecule has 0 saturated carbocycles. The number of likely N-dealkylation sites (tertiary alicyclic amines) is 1. The molecule has 3 atom stereocenters. The summed E-state index contributed by atoms with van der Waals surface area (Å²) in [6, 6.07) is 2.75. The lowest BCUT2D eigenvalue weighted by Crippen LogP contribution is -2.45. The van der Waals surface area contributed by atoms with Crippen LogP contribution < -0.4 is 5.32 Å². The molecule has 1 N–H and O–H groups in total. The van der Waals surface area contributed by atoms with Gasteiger partial charge in [-0.3, -0.25) is 4.90 Å². The molecular formula is C12H23N3O. The largest absolute Gasteiger partial charge is 0.380 e. The van der Waals surface area contributed by atoms with Gasteiger partial charge in [0, 0.05) is 26.2 Å². The zero-order valence-corrected chi connectivity index (χ0v) is 10.8. The molecule has 0 aromatic heterocycles. The summed E-state index contributed by atoms with van der Waals surface area (Å²) in [5.74, 6) is 0. The zero-order chi connectivity index (χ0) is 12.2. The second-order valence-corrected chi connectivity index (χ2v) is 4.89. The molecule has 0 spiro atoms. The molecule has 0 aliphatic carbocycles. The highest BCUT2D eigenvalue weighted by Crippen LogP contribution is 2.20. The quantitative estimate of drug-likeness (QED) is 0.758. The molecule has 1 rings (SSSR count). The minimum atomic E-state index is -0.426. The highest BCUT2D eigenvalue weighted by atomic mass is 16.5. The van der Waals surface area contributed by atoms with Gasteiger partial charge in [0.1, 0.15) is 5.54 Å². The van der Waals surface area contributed by atoms with Crippen LogP contribution in [-0.2, 0) is 4.74 Å². The van der Waals surface area contributed by atoms with Crippen molar-refractivity contribution in [2.75, 3.05) is 27.2 Å². The van der Waals surface area contributed by atoms with Crippen LogP contribution in [0.15, 0.2) is 0 Å². The summed E-state index contributed by atoms with van der Waals surface area (Å²) in [5.41, 5.74) is -0.426. The fraction of sp³-hybridized carbons (Fsp3) is 0.917. The first-order valence-corrected chi connectivity index (χ1v) is 5.91. The van der Waals surface area contributed by atoms with Gasteiger partial charge in [-0.15, -0.1) is 0 Å². The van der Waals surface area contributed by atoms with Gasteiger partial charge in [0.15, 0.2) is 0 Å². The maximum Gasteiger partial charge on any atom is 0.105 e. The van der Waals surface area contributed by atoms with Gasteiger partial charge in [-0.25, -0.2) is 0 Å². The summed E-state index contributed by atoms with van der Waals surface area (Å²) in [6.45, 7) is 6.20. The van der Waals surface area contributed by atoms with Crippen LogP contribution in [0.25, 0.3) is 0 Å². The zero-order valence-electron chi connectivity index (χ0n) is 10.8. The van der Waals surface area contributed by atoms with Gasteiger partial charge in [-0.1, -0.05) is 0 Å². The van der Waals surface area contributed by atoms with E-state index in [-0.39, 0.29) is 0 Å². The SMILES string of the molecule is CNC(C)(C#N)CC(C)N1CCC(OC)C1. The van der Waals surface area contributed by atoms with Crippen LogP contribution in [-0.4, -0.2) is 49.8 Å². The second kappa shape index (κ2) is 5.62. The number of methoxy groups -OCH3 is 1. The number of hydrogen-bond acceptors (Lipinski definition) is 4. The van der Waals surface area contributed by atoms with E-state index >= 15 is 0 Å². The predicted molar refractivity (Wildman–Crippen MR) is 64.1 cm³/mol. The van der Waals surface area contributed by atoms with Crippen molar-refractivity contribution in [3.05, 3.63) is 0 Å². The van der Waals surface area contributed by atoms with E-state index in [0.717, 1.165) is 25.9 Å². The molecule has 1 fully saturated rings. The Morgan fingerprint density at radius 2 is 2.38 bits per heavy atom. The van der Waals surface area contributed by atoms with E-state index in [0.29, 0.717) is 12.1 Å². The lowest BCUT2D eigenvalue weighted by atomic mass is 9.95. The second-order valence-electron chi connectivity index (χ2n) is 4.89. The van der Waals surface area contributed by atoms with Crippen LogP contribution in [0.1, 0.15) is 26.7 Å². The van der Waals surface area contributed by atoms with Gasteiger partial charge in [0.25, 0.3) is 0 Å². The summed E-state index contributed by atoms with van der Waals surface area (Å²) in [4.78, 5) is 2.40. The van der Waals surface area contributed by atoms with Crippen molar-refractivity contribution < 1.29 is 4.74 Å². The van der Waals surface area contributed by atoms with Gasteiger partial charge in [-0.05, 0) is 33.7 Å². The summed E-state index contributed by atoms with van der Waals surface area (Å²) >= 11 is 0. The Hall–Kier alpha value is -0.630. The fourth-order valence-electron chi connectivity index (χ4n) is 2.27. The minimum absolute atomic E-state index is 0.366. The topological polar surface area (TPSA) is 48.3 Å². The van der Waals surface area contributed by atoms with Gasteiger partial charge in [0.05, 0.1) is 12.2 Å². The minimum Gasteiger partial charge on any atom is -0.380 e. The Morgan fingerprint density at radius 3 is 2.81 bits per heavy atom. The standard InChI is InChI=1S/C12H23N3O/c1-10(7-12(2,9-13)14-3)15-6-5-11(8-15)16-4/h10-11,14H,5-8H2,1-4H3. The van der Waals surface area contributed by atoms with E-state index in [1.807, 2.05) is 14.0 Å². The molecule has 0 aromatic carbocycles. The maximum absolute atomic E-state index is 9.12. The first-order valence-electron chi connectivity index (χ1n) is 5.91. The lowest BCUT2D eigenvalue weighted by molar-refractivity contribution is 0.0993. The molecule has 92 valence electrons. The molecule has 0 amide bonds. The molecule has 0 aromatic rings. The van der Waals surface area contributed by atoms with Crippen molar-refractivity contribution in [3.8, 4) is 6.07 Å². The Kier molecular flexibility index (Phi) is 4.72. The van der Waals surface area contributed by atoms with Gasteiger partial charge < -0.3 is 10.1 Å². The molecule has 1 saturated heterocycles. The molecule has 1 aliphatic rings. The van der Waals surface area contributed by atoms with Crippen LogP contribution in [0, 0.1) is 11.3 Å². The van der Waals surface area contributed by atoms with Gasteiger partial charge >= 0.3 is 0 Å². The van der Waals surface area contributed by atoms with E-state index in [1.165, 1.54) is 0 Å². The number of nitrogens with one attached hydrogen (secondary N) is 1. The molecular weight excluding hydrogens is 202 g/mol. The van der Waals surface area contributed by atoms with Crippen molar-refractivity contribution in [2.24, 2.45) is 0 Å². The average Bonchev–Trinajstić information content (AvgIpc) is 2.77. The van der Waals surface area contributed by atoms with Crippen molar-refractivity contribution in [2.45, 2.75) is 44.4 Å². The van der Waals surface area contributed by atoms with E-state index in [4.69, 9.17) is 10.00 Å². The number of rotatable bonds is 5. The Morgan fingerprint density at radius 1 is 1.69 bits per heavy atom. The molecule has 0 bridgehead atoms. The number of nitrogens with zero attached hydrogens (tertiary/aromatic N) is 2. The van der Waals surface area contributed by atoms with Crippen molar-refractivity contribution in [3.63, 3.8) is 0 Å².